The van der Waals surface area contributed by atoms with Crippen molar-refractivity contribution in [1.82, 2.24) is 4.57 Å². The first-order chi connectivity index (χ1) is 19.4. The van der Waals surface area contributed by atoms with Gasteiger partial charge in [0, 0.05) is 10.0 Å². The quantitative estimate of drug-likeness (QED) is 0.191. The Kier molecular flexibility index (Phi) is 8.35. The highest BCUT2D eigenvalue weighted by molar-refractivity contribution is 7.07. The molecular formula is C31H24Cl2N2O4S. The van der Waals surface area contributed by atoms with Gasteiger partial charge >= 0.3 is 5.97 Å². The molecule has 40 heavy (non-hydrogen) atoms. The Morgan fingerprint density at radius 2 is 1.85 bits per heavy atom. The van der Waals surface area contributed by atoms with E-state index in [0.29, 0.717) is 48.6 Å². The molecule has 0 saturated heterocycles. The van der Waals surface area contributed by atoms with Crippen molar-refractivity contribution in [2.75, 3.05) is 6.61 Å². The zero-order valence-corrected chi connectivity index (χ0v) is 23.8. The van der Waals surface area contributed by atoms with Gasteiger partial charge in [-0.1, -0.05) is 95.7 Å². The highest BCUT2D eigenvalue weighted by Gasteiger charge is 2.33. The van der Waals surface area contributed by atoms with Gasteiger partial charge in [0.05, 0.1) is 21.8 Å². The van der Waals surface area contributed by atoms with Gasteiger partial charge < -0.3 is 9.47 Å². The Labute approximate surface area is 244 Å². The Morgan fingerprint density at radius 1 is 1.10 bits per heavy atom. The first-order valence-corrected chi connectivity index (χ1v) is 13.9. The molecule has 1 atom stereocenters. The number of aromatic nitrogens is 1. The SMILES string of the molecule is C=CCOC(=O)C1=C(C)N=c2s/c(=C\c3ccc(Cl)cc3Cl)c(=O)n2C1c1ccc(OCc2ccccc2)cc1. The number of allylic oxidation sites excluding steroid dienone is 1. The minimum absolute atomic E-state index is 0.0358. The lowest BCUT2D eigenvalue weighted by Gasteiger charge is -2.24. The minimum Gasteiger partial charge on any atom is -0.489 e. The van der Waals surface area contributed by atoms with Gasteiger partial charge in [0.1, 0.15) is 19.0 Å². The Balaban J connectivity index is 1.57. The number of benzene rings is 3. The van der Waals surface area contributed by atoms with Crippen molar-refractivity contribution in [3.8, 4) is 5.75 Å². The molecule has 0 aliphatic carbocycles. The van der Waals surface area contributed by atoms with Crippen LogP contribution in [-0.4, -0.2) is 17.1 Å². The summed E-state index contributed by atoms with van der Waals surface area (Å²) < 4.78 is 13.3. The molecule has 3 aromatic carbocycles. The number of esters is 1. The first kappa shape index (κ1) is 27.6. The fourth-order valence-electron chi connectivity index (χ4n) is 4.36. The predicted molar refractivity (Wildman–Crippen MR) is 159 cm³/mol. The number of ether oxygens (including phenoxy) is 2. The number of thiazole rings is 1. The lowest BCUT2D eigenvalue weighted by Crippen LogP contribution is -2.39. The summed E-state index contributed by atoms with van der Waals surface area (Å²) in [7, 11) is 0. The van der Waals surface area contributed by atoms with Crippen LogP contribution in [0.2, 0.25) is 10.0 Å². The number of nitrogens with zero attached hydrogens (tertiary/aromatic N) is 2. The summed E-state index contributed by atoms with van der Waals surface area (Å²) >= 11 is 13.6. The largest absolute Gasteiger partial charge is 0.489 e. The van der Waals surface area contributed by atoms with Crippen molar-refractivity contribution in [2.24, 2.45) is 4.99 Å². The molecule has 0 amide bonds. The number of rotatable bonds is 8. The van der Waals surface area contributed by atoms with Crippen molar-refractivity contribution in [3.63, 3.8) is 0 Å². The second-order valence-electron chi connectivity index (χ2n) is 8.98. The average molecular weight is 592 g/mol. The molecule has 202 valence electrons. The molecule has 6 nitrogen and oxygen atoms in total. The molecule has 1 aliphatic rings. The van der Waals surface area contributed by atoms with Crippen LogP contribution in [0.3, 0.4) is 0 Å². The van der Waals surface area contributed by atoms with Gasteiger partial charge in [0.15, 0.2) is 4.80 Å². The molecule has 0 N–H and O–H groups in total. The smallest absolute Gasteiger partial charge is 0.338 e. The number of carbonyl (C=O) groups excluding carboxylic acids is 1. The van der Waals surface area contributed by atoms with Crippen LogP contribution in [0, 0.1) is 0 Å². The standard InChI is InChI=1S/C31H24Cl2N2O4S/c1-3-15-38-30(37)27-19(2)34-31-35(29(36)26(40-31)16-22-9-12-23(32)17-25(22)33)28(27)21-10-13-24(14-11-21)39-18-20-7-5-4-6-8-20/h3-14,16-17,28H,1,15,18H2,2H3/b26-16-. The molecule has 5 rings (SSSR count). The number of hydrogen-bond acceptors (Lipinski definition) is 6. The third kappa shape index (κ3) is 5.82. The van der Waals surface area contributed by atoms with E-state index in [9.17, 15) is 9.59 Å². The minimum atomic E-state index is -0.750. The second-order valence-corrected chi connectivity index (χ2v) is 10.8. The summed E-state index contributed by atoms with van der Waals surface area (Å²) in [6.07, 6.45) is 3.20. The highest BCUT2D eigenvalue weighted by atomic mass is 35.5. The number of hydrogen-bond donors (Lipinski definition) is 0. The monoisotopic (exact) mass is 590 g/mol. The molecule has 2 heterocycles. The molecular weight excluding hydrogens is 567 g/mol. The summed E-state index contributed by atoms with van der Waals surface area (Å²) in [4.78, 5) is 32.1. The molecule has 4 aromatic rings. The van der Waals surface area contributed by atoms with Crippen LogP contribution in [0.4, 0.5) is 0 Å². The number of carbonyl (C=O) groups is 1. The summed E-state index contributed by atoms with van der Waals surface area (Å²) in [6.45, 7) is 5.81. The van der Waals surface area contributed by atoms with Gasteiger partial charge in [0.2, 0.25) is 0 Å². The molecule has 0 bridgehead atoms. The van der Waals surface area contributed by atoms with Gasteiger partial charge in [-0.3, -0.25) is 9.36 Å². The van der Waals surface area contributed by atoms with Gasteiger partial charge in [-0.25, -0.2) is 9.79 Å². The number of fused-ring (bicyclic) bond motifs is 1. The average Bonchev–Trinajstić information content (AvgIpc) is 3.26. The Morgan fingerprint density at radius 3 is 2.55 bits per heavy atom. The summed E-state index contributed by atoms with van der Waals surface area (Å²) in [6, 6.07) is 21.5. The third-order valence-electron chi connectivity index (χ3n) is 6.27. The second kappa shape index (κ2) is 12.1. The van der Waals surface area contributed by atoms with E-state index in [-0.39, 0.29) is 17.7 Å². The molecule has 0 spiro atoms. The Hall–Kier alpha value is -3.91. The highest BCUT2D eigenvalue weighted by Crippen LogP contribution is 2.32. The molecule has 0 radical (unpaired) electrons. The predicted octanol–water partition coefficient (Wildman–Crippen LogP) is 5.85. The van der Waals surface area contributed by atoms with Gasteiger partial charge in [-0.2, -0.15) is 0 Å². The van der Waals surface area contributed by atoms with E-state index in [2.05, 4.69) is 11.6 Å². The zero-order chi connectivity index (χ0) is 28.2. The lowest BCUT2D eigenvalue weighted by atomic mass is 9.96. The van der Waals surface area contributed by atoms with Gasteiger partial charge in [0.25, 0.3) is 5.56 Å². The summed E-state index contributed by atoms with van der Waals surface area (Å²) in [5.74, 6) is 0.0967. The van der Waals surface area contributed by atoms with E-state index in [1.165, 1.54) is 22.0 Å². The normalized spacial score (nSPS) is 14.9. The maximum Gasteiger partial charge on any atom is 0.338 e. The summed E-state index contributed by atoms with van der Waals surface area (Å²) in [5, 5.41) is 0.920. The molecule has 1 unspecified atom stereocenters. The van der Waals surface area contributed by atoms with E-state index in [1.807, 2.05) is 54.6 Å². The van der Waals surface area contributed by atoms with Crippen molar-refractivity contribution in [3.05, 3.63) is 143 Å². The van der Waals surface area contributed by atoms with Crippen molar-refractivity contribution >= 4 is 46.6 Å². The summed E-state index contributed by atoms with van der Waals surface area (Å²) in [5.41, 5.74) is 2.86. The first-order valence-electron chi connectivity index (χ1n) is 12.4. The third-order valence-corrected chi connectivity index (χ3v) is 7.81. The fourth-order valence-corrected chi connectivity index (χ4v) is 5.86. The molecule has 0 saturated carbocycles. The van der Waals surface area contributed by atoms with Crippen molar-refractivity contribution in [1.29, 1.82) is 0 Å². The fraction of sp³-hybridized carbons (Fsp3) is 0.129. The molecule has 1 aliphatic heterocycles. The Bertz CT molecular complexity index is 1790. The molecule has 9 heteroatoms. The van der Waals surface area contributed by atoms with Crippen LogP contribution >= 0.6 is 34.5 Å². The zero-order valence-electron chi connectivity index (χ0n) is 21.5. The van der Waals surface area contributed by atoms with Gasteiger partial charge in [-0.05, 0) is 54.0 Å². The molecule has 1 aromatic heterocycles. The maximum absolute atomic E-state index is 13.8. The van der Waals surface area contributed by atoms with E-state index in [0.717, 1.165) is 5.56 Å². The van der Waals surface area contributed by atoms with Crippen LogP contribution in [0.25, 0.3) is 6.08 Å². The lowest BCUT2D eigenvalue weighted by molar-refractivity contribution is -0.138. The van der Waals surface area contributed by atoms with E-state index in [4.69, 9.17) is 32.7 Å². The van der Waals surface area contributed by atoms with Crippen LogP contribution in [0.5, 0.6) is 5.75 Å². The van der Waals surface area contributed by atoms with Crippen LogP contribution in [0.15, 0.2) is 107 Å². The van der Waals surface area contributed by atoms with E-state index in [1.54, 1.807) is 31.2 Å². The van der Waals surface area contributed by atoms with Crippen LogP contribution in [-0.2, 0) is 16.1 Å². The number of halogens is 2. The van der Waals surface area contributed by atoms with E-state index >= 15 is 0 Å². The van der Waals surface area contributed by atoms with Gasteiger partial charge in [-0.15, -0.1) is 0 Å². The topological polar surface area (TPSA) is 69.9 Å². The van der Waals surface area contributed by atoms with Crippen LogP contribution < -0.4 is 19.6 Å². The molecule has 0 fully saturated rings. The van der Waals surface area contributed by atoms with Crippen molar-refractivity contribution in [2.45, 2.75) is 19.6 Å². The van der Waals surface area contributed by atoms with Crippen molar-refractivity contribution < 1.29 is 14.3 Å². The maximum atomic E-state index is 13.8. The van der Waals surface area contributed by atoms with Crippen LogP contribution in [0.1, 0.15) is 29.7 Å². The van der Waals surface area contributed by atoms with E-state index < -0.39 is 12.0 Å².